The quantitative estimate of drug-likeness (QED) is 0.456. The zero-order valence-electron chi connectivity index (χ0n) is 16.9. The molecule has 0 aliphatic heterocycles. The van der Waals surface area contributed by atoms with Gasteiger partial charge >= 0.3 is 0 Å². The number of benzene rings is 3. The van der Waals surface area contributed by atoms with Crippen LogP contribution in [-0.4, -0.2) is 25.7 Å². The molecule has 0 aliphatic carbocycles. The summed E-state index contributed by atoms with van der Waals surface area (Å²) in [6.45, 7) is 3.86. The van der Waals surface area contributed by atoms with Crippen LogP contribution in [0.25, 0.3) is 27.8 Å². The molecule has 0 unspecified atom stereocenters. The molecule has 1 N–H and O–H groups in total. The summed E-state index contributed by atoms with van der Waals surface area (Å²) < 4.78 is 14.9. The Kier molecular flexibility index (Phi) is 4.43. The van der Waals surface area contributed by atoms with Crippen LogP contribution in [0.3, 0.4) is 0 Å². The van der Waals surface area contributed by atoms with Crippen LogP contribution in [-0.2, 0) is 0 Å². The van der Waals surface area contributed by atoms with Gasteiger partial charge in [0, 0.05) is 27.6 Å². The highest BCUT2D eigenvalue weighted by molar-refractivity contribution is 6.05. The number of aromatic nitrogens is 4. The van der Waals surface area contributed by atoms with Crippen LogP contribution in [0.4, 0.5) is 10.1 Å². The summed E-state index contributed by atoms with van der Waals surface area (Å²) in [4.78, 5) is 12.6. The van der Waals surface area contributed by atoms with E-state index in [4.69, 9.17) is 0 Å². The van der Waals surface area contributed by atoms with Gasteiger partial charge in [-0.05, 0) is 49.7 Å². The Hall–Kier alpha value is -4.13. The Bertz CT molecular complexity index is 1460. The third-order valence-corrected chi connectivity index (χ3v) is 5.30. The first-order chi connectivity index (χ1) is 15.0. The Morgan fingerprint density at radius 1 is 0.935 bits per heavy atom. The molecule has 0 atom stereocenters. The number of carbonyl (C=O) groups is 1. The minimum atomic E-state index is -0.385. The summed E-state index contributed by atoms with van der Waals surface area (Å²) in [5.41, 5.74) is 4.23. The molecule has 7 heteroatoms. The van der Waals surface area contributed by atoms with Crippen molar-refractivity contribution in [2.24, 2.45) is 0 Å². The smallest absolute Gasteiger partial charge is 0.255 e. The van der Waals surface area contributed by atoms with E-state index in [0.717, 1.165) is 27.6 Å². The fraction of sp³-hybridized carbons (Fsp3) is 0.0833. The molecule has 0 bridgehead atoms. The number of halogens is 1. The monoisotopic (exact) mass is 411 g/mol. The second kappa shape index (κ2) is 7.28. The van der Waals surface area contributed by atoms with E-state index in [-0.39, 0.29) is 11.7 Å². The molecule has 6 nitrogen and oxygen atoms in total. The van der Waals surface area contributed by atoms with Crippen LogP contribution < -0.4 is 5.32 Å². The van der Waals surface area contributed by atoms with Gasteiger partial charge in [-0.15, -0.1) is 10.2 Å². The summed E-state index contributed by atoms with van der Waals surface area (Å²) in [7, 11) is 0. The number of rotatable bonds is 3. The third kappa shape index (κ3) is 3.30. The number of nitrogens with one attached hydrogen (secondary N) is 1. The average Bonchev–Trinajstić information content (AvgIpc) is 3.20. The van der Waals surface area contributed by atoms with Crippen molar-refractivity contribution in [3.8, 4) is 11.4 Å². The number of aryl methyl sites for hydroxylation is 2. The maximum Gasteiger partial charge on any atom is 0.255 e. The van der Waals surface area contributed by atoms with Gasteiger partial charge in [-0.25, -0.2) is 4.39 Å². The van der Waals surface area contributed by atoms with Gasteiger partial charge in [0.05, 0.1) is 5.69 Å². The fourth-order valence-corrected chi connectivity index (χ4v) is 3.61. The largest absolute Gasteiger partial charge is 0.322 e. The molecule has 0 spiro atoms. The molecular weight excluding hydrogens is 393 g/mol. The average molecular weight is 411 g/mol. The normalized spacial score (nSPS) is 11.2. The molecule has 2 heterocycles. The van der Waals surface area contributed by atoms with Gasteiger partial charge in [0.15, 0.2) is 11.5 Å². The number of anilines is 1. The minimum absolute atomic E-state index is 0.314. The van der Waals surface area contributed by atoms with Crippen molar-refractivity contribution >= 4 is 28.0 Å². The Balaban J connectivity index is 1.57. The van der Waals surface area contributed by atoms with E-state index in [1.165, 1.54) is 24.3 Å². The molecule has 1 amide bonds. The van der Waals surface area contributed by atoms with E-state index >= 15 is 0 Å². The van der Waals surface area contributed by atoms with Crippen molar-refractivity contribution < 1.29 is 9.18 Å². The highest BCUT2D eigenvalue weighted by Gasteiger charge is 2.15. The summed E-state index contributed by atoms with van der Waals surface area (Å²) in [5.74, 6) is -0.115. The molecule has 0 radical (unpaired) electrons. The van der Waals surface area contributed by atoms with Gasteiger partial charge < -0.3 is 5.32 Å². The Labute approximate surface area is 177 Å². The number of fused-ring (bicyclic) bond motifs is 3. The molecule has 3 aromatic carbocycles. The maximum atomic E-state index is 13.2. The zero-order valence-corrected chi connectivity index (χ0v) is 16.9. The molecule has 0 fully saturated rings. The zero-order chi connectivity index (χ0) is 21.5. The highest BCUT2D eigenvalue weighted by Crippen LogP contribution is 2.27. The van der Waals surface area contributed by atoms with Crippen molar-refractivity contribution in [2.75, 3.05) is 5.32 Å². The first-order valence-electron chi connectivity index (χ1n) is 9.80. The van der Waals surface area contributed by atoms with Crippen molar-refractivity contribution in [3.63, 3.8) is 0 Å². The van der Waals surface area contributed by atoms with Crippen molar-refractivity contribution in [3.05, 3.63) is 89.4 Å². The first-order valence-corrected chi connectivity index (χ1v) is 9.80. The van der Waals surface area contributed by atoms with Crippen LogP contribution in [0.1, 0.15) is 21.6 Å². The topological polar surface area (TPSA) is 72.2 Å². The van der Waals surface area contributed by atoms with Crippen LogP contribution in [0, 0.1) is 19.7 Å². The summed E-state index contributed by atoms with van der Waals surface area (Å²) in [5, 5.41) is 18.3. The van der Waals surface area contributed by atoms with Crippen LogP contribution in [0.5, 0.6) is 0 Å². The lowest BCUT2D eigenvalue weighted by Crippen LogP contribution is -2.13. The number of hydrogen-bond donors (Lipinski definition) is 1. The Morgan fingerprint density at radius 3 is 2.45 bits per heavy atom. The van der Waals surface area contributed by atoms with Gasteiger partial charge in [0.1, 0.15) is 5.82 Å². The highest BCUT2D eigenvalue weighted by atomic mass is 19.1. The molecular formula is C24H18FN5O. The molecule has 0 saturated carbocycles. The third-order valence-electron chi connectivity index (χ3n) is 5.30. The molecule has 152 valence electrons. The molecule has 5 rings (SSSR count). The number of nitrogens with zero attached hydrogens (tertiary/aromatic N) is 4. The second-order valence-corrected chi connectivity index (χ2v) is 7.38. The van der Waals surface area contributed by atoms with Crippen LogP contribution in [0.15, 0.2) is 66.7 Å². The van der Waals surface area contributed by atoms with Crippen molar-refractivity contribution in [1.29, 1.82) is 0 Å². The fourth-order valence-electron chi connectivity index (χ4n) is 3.61. The number of carbonyl (C=O) groups excluding carboxylic acids is 1. The van der Waals surface area contributed by atoms with Gasteiger partial charge in [0.2, 0.25) is 0 Å². The van der Waals surface area contributed by atoms with E-state index in [0.29, 0.717) is 22.7 Å². The lowest BCUT2D eigenvalue weighted by molar-refractivity contribution is 0.102. The van der Waals surface area contributed by atoms with E-state index < -0.39 is 0 Å². The lowest BCUT2D eigenvalue weighted by Gasteiger charge is -2.11. The number of hydrogen-bond acceptors (Lipinski definition) is 4. The summed E-state index contributed by atoms with van der Waals surface area (Å²) in [6, 6.07) is 19.1. The molecule has 0 saturated heterocycles. The first kappa shape index (κ1) is 18.9. The van der Waals surface area contributed by atoms with Gasteiger partial charge in [0.25, 0.3) is 5.91 Å². The van der Waals surface area contributed by atoms with E-state index in [1.54, 1.807) is 4.52 Å². The van der Waals surface area contributed by atoms with Crippen LogP contribution in [0.2, 0.25) is 0 Å². The van der Waals surface area contributed by atoms with Gasteiger partial charge in [-0.3, -0.25) is 4.79 Å². The van der Waals surface area contributed by atoms with E-state index in [2.05, 4.69) is 20.6 Å². The number of amides is 1. The van der Waals surface area contributed by atoms with E-state index in [1.807, 2.05) is 56.3 Å². The van der Waals surface area contributed by atoms with Crippen molar-refractivity contribution in [2.45, 2.75) is 13.8 Å². The van der Waals surface area contributed by atoms with Gasteiger partial charge in [-0.2, -0.15) is 9.61 Å². The SMILES string of the molecule is Cc1ccc(-c2nnc3c4ccccc4c(C)nn23)cc1NC(=O)c1ccc(F)cc1. The van der Waals surface area contributed by atoms with Crippen LogP contribution >= 0.6 is 0 Å². The molecule has 5 aromatic rings. The molecule has 0 aliphatic rings. The predicted octanol–water partition coefficient (Wildman–Crippen LogP) is 4.95. The summed E-state index contributed by atoms with van der Waals surface area (Å²) in [6.07, 6.45) is 0. The second-order valence-electron chi connectivity index (χ2n) is 7.38. The predicted molar refractivity (Wildman–Crippen MR) is 118 cm³/mol. The molecule has 2 aromatic heterocycles. The lowest BCUT2D eigenvalue weighted by atomic mass is 10.1. The maximum absolute atomic E-state index is 13.2. The standard InChI is InChI=1S/C24H18FN5O/c1-14-7-8-17(13-21(14)26-24(31)16-9-11-18(25)12-10-16)22-27-28-23-20-6-4-3-5-19(20)15(2)29-30(22)23/h3-13H,1-2H3,(H,26,31). The van der Waals surface area contributed by atoms with Crippen molar-refractivity contribution in [1.82, 2.24) is 19.8 Å². The minimum Gasteiger partial charge on any atom is -0.322 e. The Morgan fingerprint density at radius 2 is 1.68 bits per heavy atom. The van der Waals surface area contributed by atoms with E-state index in [9.17, 15) is 9.18 Å². The molecule has 31 heavy (non-hydrogen) atoms. The van der Waals surface area contributed by atoms with Gasteiger partial charge in [-0.1, -0.05) is 36.4 Å². The summed E-state index contributed by atoms with van der Waals surface area (Å²) >= 11 is 0.